The van der Waals surface area contributed by atoms with E-state index in [-0.39, 0.29) is 34.2 Å². The zero-order chi connectivity index (χ0) is 32.2. The van der Waals surface area contributed by atoms with E-state index in [1.807, 2.05) is 19.1 Å². The predicted octanol–water partition coefficient (Wildman–Crippen LogP) is 4.08. The third-order valence-electron chi connectivity index (χ3n) is 6.65. The average molecular weight is 639 g/mol. The number of aromatic nitrogens is 4. The first-order valence-corrected chi connectivity index (χ1v) is 15.2. The van der Waals surface area contributed by atoms with Crippen molar-refractivity contribution in [3.63, 3.8) is 0 Å². The van der Waals surface area contributed by atoms with E-state index in [0.29, 0.717) is 24.7 Å². The van der Waals surface area contributed by atoms with Crippen LogP contribution in [-0.2, 0) is 19.6 Å². The molecule has 45 heavy (non-hydrogen) atoms. The van der Waals surface area contributed by atoms with Gasteiger partial charge in [0.25, 0.3) is 16.0 Å². The Balaban J connectivity index is 0.000000309. The molecule has 14 nitrogen and oxygen atoms in total. The summed E-state index contributed by atoms with van der Waals surface area (Å²) in [4.78, 5) is 31.2. The van der Waals surface area contributed by atoms with Crippen LogP contribution in [-0.4, -0.2) is 70.7 Å². The van der Waals surface area contributed by atoms with Crippen molar-refractivity contribution < 1.29 is 31.6 Å². The highest BCUT2D eigenvalue weighted by Crippen LogP contribution is 2.33. The Morgan fingerprint density at radius 3 is 2.38 bits per heavy atom. The zero-order valence-electron chi connectivity index (χ0n) is 24.6. The van der Waals surface area contributed by atoms with Gasteiger partial charge in [-0.15, -0.1) is 0 Å². The number of pyridine rings is 2. The third kappa shape index (κ3) is 7.97. The number of carbonyl (C=O) groups excluding carboxylic acids is 1. The lowest BCUT2D eigenvalue weighted by Crippen LogP contribution is -2.46. The van der Waals surface area contributed by atoms with Crippen molar-refractivity contribution in [2.24, 2.45) is 0 Å². The standard InChI is InChI=1S/C22H23FN8O3.C7H8O3S/c1-22(2)20(32)29-19-15(34-22)4-5-16(28-19)27-18-14(23)12-25-21(30-18)26-13-3-6-17(24-11-13)31-7-9-33-10-8-31;1-6-2-4-7(5-3-6)11(8,9)10/h3-6,11-12H,7-10H2,1-2H3,(H3,25,26,27,28,29,30,32);2-5H,1H3,(H,8,9,10). The summed E-state index contributed by atoms with van der Waals surface area (Å²) in [5.74, 6) is 0.927. The average Bonchev–Trinajstić information content (AvgIpc) is 3.00. The Hall–Kier alpha value is -4.93. The van der Waals surface area contributed by atoms with E-state index in [2.05, 4.69) is 40.8 Å². The van der Waals surface area contributed by atoms with Crippen molar-refractivity contribution in [1.29, 1.82) is 0 Å². The van der Waals surface area contributed by atoms with Gasteiger partial charge in [0.15, 0.2) is 28.8 Å². The van der Waals surface area contributed by atoms with E-state index in [1.54, 1.807) is 44.3 Å². The van der Waals surface area contributed by atoms with Gasteiger partial charge >= 0.3 is 0 Å². The number of anilines is 6. The SMILES string of the molecule is CC1(C)Oc2ccc(Nc3nc(Nc4ccc(N5CCOCC5)nc4)ncc3F)nc2NC1=O.Cc1ccc(S(=O)(=O)O)cc1. The van der Waals surface area contributed by atoms with Crippen molar-refractivity contribution in [1.82, 2.24) is 19.9 Å². The van der Waals surface area contributed by atoms with Crippen molar-refractivity contribution in [3.8, 4) is 5.75 Å². The third-order valence-corrected chi connectivity index (χ3v) is 7.52. The maximum absolute atomic E-state index is 14.4. The molecule has 2 aliphatic rings. The zero-order valence-corrected chi connectivity index (χ0v) is 25.4. The summed E-state index contributed by atoms with van der Waals surface area (Å²) in [5, 5.41) is 8.53. The van der Waals surface area contributed by atoms with Crippen molar-refractivity contribution in [3.05, 3.63) is 72.3 Å². The number of morpholine rings is 1. The van der Waals surface area contributed by atoms with Gasteiger partial charge in [0.2, 0.25) is 5.95 Å². The van der Waals surface area contributed by atoms with Crippen molar-refractivity contribution in [2.75, 3.05) is 47.2 Å². The first-order chi connectivity index (χ1) is 21.4. The molecule has 0 aliphatic carbocycles. The van der Waals surface area contributed by atoms with Crippen LogP contribution in [0.3, 0.4) is 0 Å². The first-order valence-electron chi connectivity index (χ1n) is 13.8. The highest BCUT2D eigenvalue weighted by Gasteiger charge is 2.36. The molecule has 1 saturated heterocycles. The molecule has 2 aliphatic heterocycles. The molecule has 0 saturated carbocycles. The molecule has 1 fully saturated rings. The smallest absolute Gasteiger partial charge is 0.294 e. The number of rotatable bonds is 6. The normalized spacial score (nSPS) is 15.5. The molecule has 5 heterocycles. The molecule has 3 aromatic heterocycles. The van der Waals surface area contributed by atoms with Gasteiger partial charge in [-0.2, -0.15) is 13.4 Å². The molecule has 0 atom stereocenters. The largest absolute Gasteiger partial charge is 0.474 e. The summed E-state index contributed by atoms with van der Waals surface area (Å²) >= 11 is 0. The second kappa shape index (κ2) is 13.0. The van der Waals surface area contributed by atoms with Crippen LogP contribution in [0.4, 0.5) is 39.3 Å². The number of aryl methyl sites for hydroxylation is 1. The van der Waals surface area contributed by atoms with Crippen LogP contribution in [0.2, 0.25) is 0 Å². The van der Waals surface area contributed by atoms with Crippen LogP contribution >= 0.6 is 0 Å². The number of nitrogens with one attached hydrogen (secondary N) is 3. The number of benzene rings is 1. The molecule has 0 bridgehead atoms. The summed E-state index contributed by atoms with van der Waals surface area (Å²) in [6.45, 7) is 8.10. The van der Waals surface area contributed by atoms with E-state index in [0.717, 1.165) is 30.7 Å². The molecule has 16 heteroatoms. The summed E-state index contributed by atoms with van der Waals surface area (Å²) in [6, 6.07) is 13.0. The number of amides is 1. The van der Waals surface area contributed by atoms with Crippen molar-refractivity contribution >= 4 is 50.9 Å². The van der Waals surface area contributed by atoms with E-state index in [9.17, 15) is 17.6 Å². The number of halogens is 1. The number of carbonyl (C=O) groups is 1. The molecular weight excluding hydrogens is 607 g/mol. The van der Waals surface area contributed by atoms with E-state index < -0.39 is 21.5 Å². The molecule has 0 unspecified atom stereocenters. The van der Waals surface area contributed by atoms with Crippen LogP contribution in [0, 0.1) is 12.7 Å². The Morgan fingerprint density at radius 1 is 0.978 bits per heavy atom. The lowest BCUT2D eigenvalue weighted by atomic mass is 10.1. The van der Waals surface area contributed by atoms with Gasteiger partial charge < -0.3 is 30.3 Å². The molecule has 6 rings (SSSR count). The minimum absolute atomic E-state index is 0.0666. The van der Waals surface area contributed by atoms with Gasteiger partial charge in [0.05, 0.1) is 36.2 Å². The second-order valence-corrected chi connectivity index (χ2v) is 12.0. The monoisotopic (exact) mass is 638 g/mol. The molecule has 4 aromatic rings. The fourth-order valence-electron chi connectivity index (χ4n) is 4.18. The molecular formula is C29H31FN8O6S. The predicted molar refractivity (Wildman–Crippen MR) is 164 cm³/mol. The van der Waals surface area contributed by atoms with Crippen LogP contribution in [0.5, 0.6) is 5.75 Å². The van der Waals surface area contributed by atoms with Gasteiger partial charge in [-0.05, 0) is 57.2 Å². The maximum Gasteiger partial charge on any atom is 0.294 e. The van der Waals surface area contributed by atoms with E-state index >= 15 is 0 Å². The Kier molecular flexibility index (Phi) is 9.08. The minimum Gasteiger partial charge on any atom is -0.474 e. The first kappa shape index (κ1) is 31.5. The number of ether oxygens (including phenoxy) is 2. The fourth-order valence-corrected chi connectivity index (χ4v) is 4.66. The van der Waals surface area contributed by atoms with Crippen LogP contribution in [0.25, 0.3) is 0 Å². The topological polar surface area (TPSA) is 181 Å². The van der Waals surface area contributed by atoms with Crippen LogP contribution < -0.4 is 25.6 Å². The van der Waals surface area contributed by atoms with Gasteiger partial charge in [0.1, 0.15) is 11.6 Å². The van der Waals surface area contributed by atoms with Gasteiger partial charge in [-0.3, -0.25) is 9.35 Å². The van der Waals surface area contributed by atoms with Gasteiger partial charge in [0, 0.05) is 13.1 Å². The summed E-state index contributed by atoms with van der Waals surface area (Å²) in [5.41, 5.74) is 0.611. The molecule has 4 N–H and O–H groups in total. The maximum atomic E-state index is 14.4. The molecule has 0 radical (unpaired) electrons. The Morgan fingerprint density at radius 2 is 1.71 bits per heavy atom. The molecule has 1 aromatic carbocycles. The Labute approximate surface area is 258 Å². The Bertz CT molecular complexity index is 1780. The molecule has 236 valence electrons. The lowest BCUT2D eigenvalue weighted by molar-refractivity contribution is -0.129. The number of hydrogen-bond acceptors (Lipinski definition) is 12. The summed E-state index contributed by atoms with van der Waals surface area (Å²) < 4.78 is 55.0. The highest BCUT2D eigenvalue weighted by atomic mass is 32.2. The second-order valence-electron chi connectivity index (χ2n) is 10.5. The molecule has 0 spiro atoms. The number of fused-ring (bicyclic) bond motifs is 1. The van der Waals surface area contributed by atoms with Gasteiger partial charge in [-0.25, -0.2) is 19.3 Å². The number of nitrogens with zero attached hydrogens (tertiary/aromatic N) is 5. The quantitative estimate of drug-likeness (QED) is 0.222. The summed E-state index contributed by atoms with van der Waals surface area (Å²) in [6.07, 6.45) is 2.72. The van der Waals surface area contributed by atoms with Gasteiger partial charge in [-0.1, -0.05) is 17.7 Å². The fraction of sp³-hybridized carbons (Fsp3) is 0.276. The minimum atomic E-state index is -4.02. The molecule has 1 amide bonds. The van der Waals surface area contributed by atoms with E-state index in [4.69, 9.17) is 14.0 Å². The lowest BCUT2D eigenvalue weighted by Gasteiger charge is -2.30. The van der Waals surface area contributed by atoms with Crippen molar-refractivity contribution in [2.45, 2.75) is 31.3 Å². The van der Waals surface area contributed by atoms with E-state index in [1.165, 1.54) is 12.1 Å². The highest BCUT2D eigenvalue weighted by molar-refractivity contribution is 7.85. The summed E-state index contributed by atoms with van der Waals surface area (Å²) in [7, 11) is -4.02. The van der Waals surface area contributed by atoms with Crippen LogP contribution in [0.1, 0.15) is 19.4 Å². The van der Waals surface area contributed by atoms with Crippen LogP contribution in [0.15, 0.2) is 65.8 Å². The number of hydrogen-bond donors (Lipinski definition) is 4.